The van der Waals surface area contributed by atoms with Crippen molar-refractivity contribution >= 4 is 67.8 Å². The summed E-state index contributed by atoms with van der Waals surface area (Å²) in [6.07, 6.45) is 4.48. The standard InChI is InChI=1S/C55H42N2/c1-55(2)52-36-40(30-34-49(52)50-35-33-46(38-53(50)55)56(42-17-6-3-7-18-42)43-19-8-4-9-20-43)27-26-39-28-31-45(32-29-39)57(44-21-10-5-11-22-44)54-37-41-16-12-13-23-47(41)48-24-14-15-25-51(48)54/h3-38H,1-2H3. The number of benzene rings is 9. The predicted octanol–water partition coefficient (Wildman–Crippen LogP) is 15.4. The maximum Gasteiger partial charge on any atom is 0.0546 e. The minimum absolute atomic E-state index is 0.154. The van der Waals surface area contributed by atoms with E-state index in [9.17, 15) is 0 Å². The lowest BCUT2D eigenvalue weighted by Crippen LogP contribution is -2.16. The van der Waals surface area contributed by atoms with Crippen LogP contribution in [0.25, 0.3) is 44.8 Å². The van der Waals surface area contributed by atoms with Gasteiger partial charge in [-0.25, -0.2) is 0 Å². The molecule has 9 aromatic carbocycles. The molecule has 57 heavy (non-hydrogen) atoms. The third-order valence-electron chi connectivity index (χ3n) is 11.6. The molecule has 10 rings (SSSR count). The molecule has 2 nitrogen and oxygen atoms in total. The molecule has 0 saturated heterocycles. The molecule has 0 heterocycles. The van der Waals surface area contributed by atoms with E-state index in [4.69, 9.17) is 0 Å². The zero-order chi connectivity index (χ0) is 38.3. The Bertz CT molecular complexity index is 2870. The van der Waals surface area contributed by atoms with Crippen molar-refractivity contribution in [3.8, 4) is 11.1 Å². The number of fused-ring (bicyclic) bond motifs is 6. The molecular formula is C55H42N2. The van der Waals surface area contributed by atoms with Gasteiger partial charge in [0.1, 0.15) is 0 Å². The summed E-state index contributed by atoms with van der Waals surface area (Å²) >= 11 is 0. The van der Waals surface area contributed by atoms with Crippen LogP contribution < -0.4 is 9.80 Å². The number of rotatable bonds is 8. The van der Waals surface area contributed by atoms with Crippen molar-refractivity contribution in [1.29, 1.82) is 0 Å². The molecule has 0 aromatic heterocycles. The summed E-state index contributed by atoms with van der Waals surface area (Å²) in [4.78, 5) is 4.73. The lowest BCUT2D eigenvalue weighted by atomic mass is 9.81. The summed E-state index contributed by atoms with van der Waals surface area (Å²) in [5.41, 5.74) is 14.4. The maximum absolute atomic E-state index is 2.39. The van der Waals surface area contributed by atoms with Gasteiger partial charge in [0.25, 0.3) is 0 Å². The lowest BCUT2D eigenvalue weighted by molar-refractivity contribution is 0.660. The van der Waals surface area contributed by atoms with Gasteiger partial charge >= 0.3 is 0 Å². The summed E-state index contributed by atoms with van der Waals surface area (Å²) in [6.45, 7) is 4.72. The fraction of sp³-hybridized carbons (Fsp3) is 0.0545. The van der Waals surface area contributed by atoms with E-state index in [2.05, 4.69) is 242 Å². The summed E-state index contributed by atoms with van der Waals surface area (Å²) < 4.78 is 0. The molecule has 0 unspecified atom stereocenters. The van der Waals surface area contributed by atoms with Crippen molar-refractivity contribution in [3.63, 3.8) is 0 Å². The molecule has 0 N–H and O–H groups in total. The first kappa shape index (κ1) is 34.3. The predicted molar refractivity (Wildman–Crippen MR) is 244 cm³/mol. The van der Waals surface area contributed by atoms with Crippen molar-refractivity contribution in [2.45, 2.75) is 19.3 Å². The van der Waals surface area contributed by atoms with Gasteiger partial charge in [-0.05, 0) is 116 Å². The first-order chi connectivity index (χ1) is 28.0. The van der Waals surface area contributed by atoms with E-state index in [-0.39, 0.29) is 5.41 Å². The molecule has 0 radical (unpaired) electrons. The second-order valence-electron chi connectivity index (χ2n) is 15.4. The monoisotopic (exact) mass is 730 g/mol. The van der Waals surface area contributed by atoms with Crippen molar-refractivity contribution in [2.75, 3.05) is 9.80 Å². The molecule has 0 aliphatic heterocycles. The van der Waals surface area contributed by atoms with E-state index in [1.54, 1.807) is 0 Å². The van der Waals surface area contributed by atoms with Crippen LogP contribution in [0, 0.1) is 0 Å². The van der Waals surface area contributed by atoms with Crippen LogP contribution in [0.3, 0.4) is 0 Å². The molecule has 0 fully saturated rings. The number of hydrogen-bond donors (Lipinski definition) is 0. The minimum atomic E-state index is -0.154. The maximum atomic E-state index is 2.39. The summed E-state index contributed by atoms with van der Waals surface area (Å²) in [6, 6.07) is 74.6. The summed E-state index contributed by atoms with van der Waals surface area (Å²) in [7, 11) is 0. The second-order valence-corrected chi connectivity index (χ2v) is 15.4. The van der Waals surface area contributed by atoms with Crippen LogP contribution in [0.15, 0.2) is 206 Å². The zero-order valence-electron chi connectivity index (χ0n) is 32.2. The third-order valence-corrected chi connectivity index (χ3v) is 11.6. The number of nitrogens with zero attached hydrogens (tertiary/aromatic N) is 2. The van der Waals surface area contributed by atoms with Gasteiger partial charge in [-0.3, -0.25) is 0 Å². The first-order valence-corrected chi connectivity index (χ1v) is 19.8. The average molecular weight is 731 g/mol. The molecule has 0 spiro atoms. The van der Waals surface area contributed by atoms with Gasteiger partial charge in [0.2, 0.25) is 0 Å². The zero-order valence-corrected chi connectivity index (χ0v) is 32.2. The van der Waals surface area contributed by atoms with Crippen LogP contribution in [-0.4, -0.2) is 0 Å². The van der Waals surface area contributed by atoms with Crippen molar-refractivity contribution < 1.29 is 0 Å². The smallest absolute Gasteiger partial charge is 0.0546 e. The fourth-order valence-electron chi connectivity index (χ4n) is 8.74. The molecule has 0 atom stereocenters. The first-order valence-electron chi connectivity index (χ1n) is 19.8. The van der Waals surface area contributed by atoms with Gasteiger partial charge in [0.15, 0.2) is 0 Å². The Labute approximate surface area is 335 Å². The SMILES string of the molecule is CC1(C)c2cc(C=Cc3ccc(N(c4ccccc4)c4cc5ccccc5c5ccccc45)cc3)ccc2-c2ccc(N(c3ccccc3)c3ccccc3)cc21. The number of anilines is 6. The van der Waals surface area contributed by atoms with E-state index < -0.39 is 0 Å². The Hall–Kier alpha value is -7.16. The Morgan fingerprint density at radius 3 is 1.46 bits per heavy atom. The molecule has 9 aromatic rings. The number of hydrogen-bond acceptors (Lipinski definition) is 2. The molecule has 0 bridgehead atoms. The highest BCUT2D eigenvalue weighted by molar-refractivity contribution is 6.14. The molecule has 1 aliphatic carbocycles. The van der Waals surface area contributed by atoms with Gasteiger partial charge < -0.3 is 9.80 Å². The number of para-hydroxylation sites is 3. The van der Waals surface area contributed by atoms with Gasteiger partial charge in [0, 0.05) is 39.2 Å². The highest BCUT2D eigenvalue weighted by atomic mass is 15.1. The third kappa shape index (κ3) is 6.16. The van der Waals surface area contributed by atoms with Crippen LogP contribution in [0.5, 0.6) is 0 Å². The Kier molecular flexibility index (Phi) is 8.53. The highest BCUT2D eigenvalue weighted by Gasteiger charge is 2.36. The van der Waals surface area contributed by atoms with E-state index in [1.807, 2.05) is 0 Å². The summed E-state index contributed by atoms with van der Waals surface area (Å²) in [5, 5.41) is 4.99. The Morgan fingerprint density at radius 2 is 0.807 bits per heavy atom. The second kappa shape index (κ2) is 14.2. The lowest BCUT2D eigenvalue weighted by Gasteiger charge is -2.28. The minimum Gasteiger partial charge on any atom is -0.310 e. The van der Waals surface area contributed by atoms with E-state index >= 15 is 0 Å². The molecule has 0 saturated carbocycles. The van der Waals surface area contributed by atoms with Gasteiger partial charge in [-0.1, -0.05) is 166 Å². The van der Waals surface area contributed by atoms with Crippen LogP contribution in [-0.2, 0) is 5.41 Å². The molecule has 2 heteroatoms. The van der Waals surface area contributed by atoms with Crippen molar-refractivity contribution in [2.24, 2.45) is 0 Å². The van der Waals surface area contributed by atoms with Crippen LogP contribution in [0.2, 0.25) is 0 Å². The molecule has 1 aliphatic rings. The van der Waals surface area contributed by atoms with Gasteiger partial charge in [-0.15, -0.1) is 0 Å². The Balaban J connectivity index is 0.961. The van der Waals surface area contributed by atoms with Gasteiger partial charge in [-0.2, -0.15) is 0 Å². The van der Waals surface area contributed by atoms with Crippen LogP contribution >= 0.6 is 0 Å². The molecular weight excluding hydrogens is 689 g/mol. The summed E-state index contributed by atoms with van der Waals surface area (Å²) in [5.74, 6) is 0. The highest BCUT2D eigenvalue weighted by Crippen LogP contribution is 2.51. The van der Waals surface area contributed by atoms with E-state index in [0.29, 0.717) is 0 Å². The van der Waals surface area contributed by atoms with E-state index in [0.717, 1.165) is 34.0 Å². The van der Waals surface area contributed by atoms with E-state index in [1.165, 1.54) is 55.0 Å². The quantitative estimate of drug-likeness (QED) is 0.113. The average Bonchev–Trinajstić information content (AvgIpc) is 3.49. The van der Waals surface area contributed by atoms with Crippen LogP contribution in [0.4, 0.5) is 34.1 Å². The topological polar surface area (TPSA) is 6.48 Å². The van der Waals surface area contributed by atoms with Crippen LogP contribution in [0.1, 0.15) is 36.1 Å². The van der Waals surface area contributed by atoms with Crippen molar-refractivity contribution in [1.82, 2.24) is 0 Å². The largest absolute Gasteiger partial charge is 0.310 e. The molecule has 0 amide bonds. The van der Waals surface area contributed by atoms with Gasteiger partial charge in [0.05, 0.1) is 5.69 Å². The Morgan fingerprint density at radius 1 is 0.351 bits per heavy atom. The van der Waals surface area contributed by atoms with Crippen molar-refractivity contribution in [3.05, 3.63) is 229 Å². The normalized spacial score (nSPS) is 12.8. The molecule has 272 valence electrons. The fourth-order valence-corrected chi connectivity index (χ4v) is 8.74.